The Hall–Kier alpha value is -1.11. The minimum atomic E-state index is -0.966. The van der Waals surface area contributed by atoms with Crippen LogP contribution in [0.15, 0.2) is 24.7 Å². The molecule has 0 aliphatic rings. The lowest BCUT2D eigenvalue weighted by Crippen LogP contribution is -2.20. The standard InChI is InChI=1S/C10H13N3O2S/c14-8(2-5-16)9(15)7-6-12-10-11-3-1-4-13(7)10/h1,3-4,6,8-9,14-16H,2,5H2. The van der Waals surface area contributed by atoms with Gasteiger partial charge in [0.15, 0.2) is 0 Å². The van der Waals surface area contributed by atoms with Gasteiger partial charge < -0.3 is 10.2 Å². The number of aromatic nitrogens is 3. The highest BCUT2D eigenvalue weighted by atomic mass is 32.1. The SMILES string of the molecule is OC(CCS)C(O)c1cnc2ncccn12. The number of imidazole rings is 1. The van der Waals surface area contributed by atoms with E-state index in [0.717, 1.165) is 0 Å². The predicted molar refractivity (Wildman–Crippen MR) is 62.4 cm³/mol. The number of aliphatic hydroxyl groups is 2. The van der Waals surface area contributed by atoms with Crippen LogP contribution < -0.4 is 0 Å². The van der Waals surface area contributed by atoms with Crippen molar-refractivity contribution in [3.63, 3.8) is 0 Å². The lowest BCUT2D eigenvalue weighted by Gasteiger charge is -2.16. The van der Waals surface area contributed by atoms with Crippen LogP contribution >= 0.6 is 12.6 Å². The molecule has 0 fully saturated rings. The summed E-state index contributed by atoms with van der Waals surface area (Å²) in [5, 5.41) is 19.6. The summed E-state index contributed by atoms with van der Waals surface area (Å²) >= 11 is 4.02. The van der Waals surface area contributed by atoms with Crippen LogP contribution in [0.5, 0.6) is 0 Å². The normalized spacial score (nSPS) is 15.2. The zero-order valence-corrected chi connectivity index (χ0v) is 9.46. The molecule has 2 heterocycles. The molecule has 86 valence electrons. The molecule has 2 aromatic heterocycles. The lowest BCUT2D eigenvalue weighted by molar-refractivity contribution is 0.0142. The zero-order valence-electron chi connectivity index (χ0n) is 8.56. The first-order valence-corrected chi connectivity index (χ1v) is 5.62. The van der Waals surface area contributed by atoms with Gasteiger partial charge >= 0.3 is 0 Å². The van der Waals surface area contributed by atoms with Crippen molar-refractivity contribution in [3.05, 3.63) is 30.4 Å². The average molecular weight is 239 g/mol. The van der Waals surface area contributed by atoms with Crippen LogP contribution in [0.25, 0.3) is 5.78 Å². The molecule has 0 spiro atoms. The van der Waals surface area contributed by atoms with E-state index in [4.69, 9.17) is 0 Å². The summed E-state index contributed by atoms with van der Waals surface area (Å²) in [5.41, 5.74) is 0.539. The maximum atomic E-state index is 9.93. The van der Waals surface area contributed by atoms with Crippen LogP contribution in [0, 0.1) is 0 Å². The van der Waals surface area contributed by atoms with Gasteiger partial charge in [-0.2, -0.15) is 12.6 Å². The van der Waals surface area contributed by atoms with Crippen LogP contribution in [0.4, 0.5) is 0 Å². The van der Waals surface area contributed by atoms with Crippen molar-refractivity contribution in [1.82, 2.24) is 14.4 Å². The van der Waals surface area contributed by atoms with Gasteiger partial charge in [0, 0.05) is 12.4 Å². The van der Waals surface area contributed by atoms with Crippen molar-refractivity contribution < 1.29 is 10.2 Å². The topological polar surface area (TPSA) is 70.7 Å². The first kappa shape index (κ1) is 11.4. The molecule has 6 heteroatoms. The Bertz CT molecular complexity index is 474. The molecule has 0 aliphatic carbocycles. The smallest absolute Gasteiger partial charge is 0.233 e. The highest BCUT2D eigenvalue weighted by Crippen LogP contribution is 2.19. The van der Waals surface area contributed by atoms with Gasteiger partial charge in [0.25, 0.3) is 0 Å². The highest BCUT2D eigenvalue weighted by Gasteiger charge is 2.21. The maximum absolute atomic E-state index is 9.93. The largest absolute Gasteiger partial charge is 0.390 e. The van der Waals surface area contributed by atoms with Crippen molar-refractivity contribution in [1.29, 1.82) is 0 Å². The van der Waals surface area contributed by atoms with Crippen LogP contribution in [0.1, 0.15) is 18.2 Å². The van der Waals surface area contributed by atoms with Gasteiger partial charge in [-0.05, 0) is 18.2 Å². The van der Waals surface area contributed by atoms with Gasteiger partial charge in [0.2, 0.25) is 5.78 Å². The van der Waals surface area contributed by atoms with E-state index < -0.39 is 12.2 Å². The first-order chi connectivity index (χ1) is 7.74. The van der Waals surface area contributed by atoms with Gasteiger partial charge in [-0.25, -0.2) is 9.97 Å². The Morgan fingerprint density at radius 2 is 2.19 bits per heavy atom. The molecule has 2 aromatic rings. The molecule has 2 N–H and O–H groups in total. The molecule has 0 saturated carbocycles. The van der Waals surface area contributed by atoms with Gasteiger partial charge in [-0.1, -0.05) is 0 Å². The van der Waals surface area contributed by atoms with Gasteiger partial charge in [0.05, 0.1) is 18.0 Å². The number of hydrogen-bond donors (Lipinski definition) is 3. The Labute approximate surface area is 98.2 Å². The number of hydrogen-bond acceptors (Lipinski definition) is 5. The quantitative estimate of drug-likeness (QED) is 0.677. The van der Waals surface area contributed by atoms with E-state index >= 15 is 0 Å². The molecule has 16 heavy (non-hydrogen) atoms. The van der Waals surface area contributed by atoms with E-state index in [1.807, 2.05) is 0 Å². The summed E-state index contributed by atoms with van der Waals surface area (Å²) in [6.07, 6.45) is 3.53. The molecule has 2 rings (SSSR count). The monoisotopic (exact) mass is 239 g/mol. The second kappa shape index (κ2) is 4.82. The summed E-state index contributed by atoms with van der Waals surface area (Å²) in [6, 6.07) is 1.75. The fourth-order valence-electron chi connectivity index (χ4n) is 1.55. The van der Waals surface area contributed by atoms with E-state index in [9.17, 15) is 10.2 Å². The van der Waals surface area contributed by atoms with Crippen LogP contribution in [-0.2, 0) is 0 Å². The molecule has 2 atom stereocenters. The molecule has 5 nitrogen and oxygen atoms in total. The van der Waals surface area contributed by atoms with E-state index in [2.05, 4.69) is 22.6 Å². The molecule has 2 unspecified atom stereocenters. The van der Waals surface area contributed by atoms with Crippen molar-refractivity contribution in [2.75, 3.05) is 5.75 Å². The van der Waals surface area contributed by atoms with Crippen LogP contribution in [0.2, 0.25) is 0 Å². The van der Waals surface area contributed by atoms with Gasteiger partial charge in [0.1, 0.15) is 6.10 Å². The summed E-state index contributed by atoms with van der Waals surface area (Å²) < 4.78 is 1.66. The van der Waals surface area contributed by atoms with Crippen LogP contribution in [0.3, 0.4) is 0 Å². The average Bonchev–Trinajstić information content (AvgIpc) is 2.72. The highest BCUT2D eigenvalue weighted by molar-refractivity contribution is 7.80. The Morgan fingerprint density at radius 1 is 1.38 bits per heavy atom. The number of thiol groups is 1. The molecule has 0 bridgehead atoms. The van der Waals surface area contributed by atoms with Crippen molar-refractivity contribution >= 4 is 18.4 Å². The first-order valence-electron chi connectivity index (χ1n) is 4.99. The van der Waals surface area contributed by atoms with E-state index in [1.54, 1.807) is 22.9 Å². The lowest BCUT2D eigenvalue weighted by atomic mass is 10.1. The van der Waals surface area contributed by atoms with Gasteiger partial charge in [-0.3, -0.25) is 4.40 Å². The second-order valence-corrected chi connectivity index (χ2v) is 3.94. The summed E-state index contributed by atoms with van der Waals surface area (Å²) in [7, 11) is 0. The van der Waals surface area contributed by atoms with Crippen LogP contribution in [-0.4, -0.2) is 36.4 Å². The third kappa shape index (κ3) is 2.04. The molecule has 0 aromatic carbocycles. The third-order valence-corrected chi connectivity index (χ3v) is 2.67. The number of nitrogens with zero attached hydrogens (tertiary/aromatic N) is 3. The fourth-order valence-corrected chi connectivity index (χ4v) is 1.82. The van der Waals surface area contributed by atoms with Gasteiger partial charge in [-0.15, -0.1) is 0 Å². The Kier molecular flexibility index (Phi) is 3.42. The maximum Gasteiger partial charge on any atom is 0.233 e. The molecule has 0 radical (unpaired) electrons. The molecule has 0 saturated heterocycles. The molecule has 0 amide bonds. The minimum absolute atomic E-state index is 0.428. The second-order valence-electron chi connectivity index (χ2n) is 3.50. The Balaban J connectivity index is 2.32. The van der Waals surface area contributed by atoms with E-state index in [-0.39, 0.29) is 0 Å². The summed E-state index contributed by atoms with van der Waals surface area (Å²) in [4.78, 5) is 8.08. The third-order valence-electron chi connectivity index (χ3n) is 2.41. The zero-order chi connectivity index (χ0) is 11.5. The number of rotatable bonds is 4. The predicted octanol–water partition coefficient (Wildman–Crippen LogP) is 0.443. The summed E-state index contributed by atoms with van der Waals surface area (Å²) in [6.45, 7) is 0. The fraction of sp³-hybridized carbons (Fsp3) is 0.400. The van der Waals surface area contributed by atoms with Crippen molar-refractivity contribution in [3.8, 4) is 0 Å². The number of fused-ring (bicyclic) bond motifs is 1. The van der Waals surface area contributed by atoms with Crippen molar-refractivity contribution in [2.45, 2.75) is 18.6 Å². The number of aliphatic hydroxyl groups excluding tert-OH is 2. The summed E-state index contributed by atoms with van der Waals surface area (Å²) in [5.74, 6) is 1.03. The molecule has 0 aliphatic heterocycles. The molecular weight excluding hydrogens is 226 g/mol. The van der Waals surface area contributed by atoms with E-state index in [1.165, 1.54) is 6.20 Å². The molecular formula is C10H13N3O2S. The van der Waals surface area contributed by atoms with E-state index in [0.29, 0.717) is 23.6 Å². The van der Waals surface area contributed by atoms with Crippen molar-refractivity contribution in [2.24, 2.45) is 0 Å². The Morgan fingerprint density at radius 3 is 2.94 bits per heavy atom. The minimum Gasteiger partial charge on any atom is -0.390 e.